The summed E-state index contributed by atoms with van der Waals surface area (Å²) in [5, 5.41) is 3.64. The van der Waals surface area contributed by atoms with Crippen LogP contribution >= 0.6 is 11.6 Å². The number of furan rings is 1. The van der Waals surface area contributed by atoms with Gasteiger partial charge in [-0.05, 0) is 51.5 Å². The molecule has 1 heterocycles. The molecule has 112 valence electrons. The number of nitrogens with one attached hydrogen (secondary N) is 1. The van der Waals surface area contributed by atoms with E-state index in [0.717, 1.165) is 22.6 Å². The van der Waals surface area contributed by atoms with Crippen LogP contribution in [-0.4, -0.2) is 5.91 Å². The average Bonchev–Trinajstić information content (AvgIpc) is 2.74. The molecule has 0 fully saturated rings. The minimum absolute atomic E-state index is 0.0249. The molecule has 3 nitrogen and oxygen atoms in total. The SMILES string of the molecule is Cc1cc(CNC(=O)C(C)(C)c2ccc(Cl)cc2)c(C)o1. The van der Waals surface area contributed by atoms with Crippen molar-refractivity contribution in [3.63, 3.8) is 0 Å². The molecule has 0 atom stereocenters. The van der Waals surface area contributed by atoms with Crippen molar-refractivity contribution >= 4 is 17.5 Å². The summed E-state index contributed by atoms with van der Waals surface area (Å²) in [6.45, 7) is 8.08. The fraction of sp³-hybridized carbons (Fsp3) is 0.353. The maximum atomic E-state index is 12.5. The van der Waals surface area contributed by atoms with Crippen molar-refractivity contribution in [3.05, 3.63) is 58.0 Å². The average molecular weight is 306 g/mol. The van der Waals surface area contributed by atoms with E-state index in [1.54, 1.807) is 12.1 Å². The van der Waals surface area contributed by atoms with Crippen molar-refractivity contribution < 1.29 is 9.21 Å². The molecular weight excluding hydrogens is 286 g/mol. The Morgan fingerprint density at radius 1 is 1.24 bits per heavy atom. The Bertz CT molecular complexity index is 641. The molecule has 1 aromatic carbocycles. The number of carbonyl (C=O) groups excluding carboxylic acids is 1. The van der Waals surface area contributed by atoms with Crippen LogP contribution in [-0.2, 0) is 16.8 Å². The molecule has 0 aliphatic carbocycles. The summed E-state index contributed by atoms with van der Waals surface area (Å²) in [5.74, 6) is 1.67. The summed E-state index contributed by atoms with van der Waals surface area (Å²) in [7, 11) is 0. The third-order valence-electron chi connectivity index (χ3n) is 3.72. The molecule has 2 aromatic rings. The number of carbonyl (C=O) groups is 1. The molecule has 1 aromatic heterocycles. The molecule has 0 spiro atoms. The van der Waals surface area contributed by atoms with Crippen LogP contribution in [0.15, 0.2) is 34.7 Å². The summed E-state index contributed by atoms with van der Waals surface area (Å²) >= 11 is 5.89. The Labute approximate surface area is 130 Å². The number of hydrogen-bond donors (Lipinski definition) is 1. The van der Waals surface area contributed by atoms with Gasteiger partial charge in [0.15, 0.2) is 0 Å². The Kier molecular flexibility index (Phi) is 4.43. The molecular formula is C17H20ClNO2. The third-order valence-corrected chi connectivity index (χ3v) is 3.97. The first-order chi connectivity index (χ1) is 9.80. The van der Waals surface area contributed by atoms with Gasteiger partial charge in [-0.15, -0.1) is 0 Å². The van der Waals surface area contributed by atoms with E-state index in [0.29, 0.717) is 11.6 Å². The van der Waals surface area contributed by atoms with Gasteiger partial charge in [-0.3, -0.25) is 4.79 Å². The van der Waals surface area contributed by atoms with Crippen LogP contribution < -0.4 is 5.32 Å². The Morgan fingerprint density at radius 2 is 1.86 bits per heavy atom. The summed E-state index contributed by atoms with van der Waals surface area (Å²) in [5.41, 5.74) is 1.33. The minimum atomic E-state index is -0.614. The molecule has 4 heteroatoms. The van der Waals surface area contributed by atoms with Crippen LogP contribution in [0.2, 0.25) is 5.02 Å². The van der Waals surface area contributed by atoms with Crippen molar-refractivity contribution in [2.24, 2.45) is 0 Å². The number of benzene rings is 1. The fourth-order valence-corrected chi connectivity index (χ4v) is 2.38. The molecule has 0 aliphatic rings. The second-order valence-corrected chi connectivity index (χ2v) is 6.19. The van der Waals surface area contributed by atoms with Crippen LogP contribution in [0.3, 0.4) is 0 Å². The monoisotopic (exact) mass is 305 g/mol. The summed E-state index contributed by atoms with van der Waals surface area (Å²) in [6, 6.07) is 9.32. The summed E-state index contributed by atoms with van der Waals surface area (Å²) < 4.78 is 5.46. The van der Waals surface area contributed by atoms with Gasteiger partial charge in [0.05, 0.1) is 5.41 Å². The van der Waals surface area contributed by atoms with Crippen LogP contribution in [0.4, 0.5) is 0 Å². The summed E-state index contributed by atoms with van der Waals surface area (Å²) in [4.78, 5) is 12.5. The quantitative estimate of drug-likeness (QED) is 0.922. The topological polar surface area (TPSA) is 42.2 Å². The van der Waals surface area contributed by atoms with Gasteiger partial charge in [0, 0.05) is 17.1 Å². The van der Waals surface area contributed by atoms with Crippen LogP contribution in [0.5, 0.6) is 0 Å². The normalized spacial score (nSPS) is 11.5. The molecule has 0 saturated heterocycles. The lowest BCUT2D eigenvalue weighted by atomic mass is 9.83. The molecule has 1 amide bonds. The van der Waals surface area contributed by atoms with E-state index in [2.05, 4.69) is 5.32 Å². The fourth-order valence-electron chi connectivity index (χ4n) is 2.25. The second kappa shape index (κ2) is 5.94. The number of amides is 1. The van der Waals surface area contributed by atoms with Gasteiger partial charge < -0.3 is 9.73 Å². The van der Waals surface area contributed by atoms with E-state index in [1.807, 2.05) is 45.9 Å². The smallest absolute Gasteiger partial charge is 0.230 e. The highest BCUT2D eigenvalue weighted by Crippen LogP contribution is 2.25. The Hall–Kier alpha value is -1.74. The predicted octanol–water partition coefficient (Wildman–Crippen LogP) is 4.14. The van der Waals surface area contributed by atoms with Gasteiger partial charge in [-0.25, -0.2) is 0 Å². The molecule has 1 N–H and O–H groups in total. The highest BCUT2D eigenvalue weighted by molar-refractivity contribution is 6.30. The molecule has 0 aliphatic heterocycles. The van der Waals surface area contributed by atoms with Crippen LogP contribution in [0.1, 0.15) is 36.5 Å². The maximum absolute atomic E-state index is 12.5. The summed E-state index contributed by atoms with van der Waals surface area (Å²) in [6.07, 6.45) is 0. The van der Waals surface area contributed by atoms with Gasteiger partial charge in [0.1, 0.15) is 11.5 Å². The minimum Gasteiger partial charge on any atom is -0.466 e. The third kappa shape index (κ3) is 3.48. The van der Waals surface area contributed by atoms with Gasteiger partial charge in [-0.1, -0.05) is 23.7 Å². The van der Waals surface area contributed by atoms with Crippen molar-refractivity contribution in [2.45, 2.75) is 39.7 Å². The molecule has 0 bridgehead atoms. The number of aryl methyl sites for hydroxylation is 2. The molecule has 21 heavy (non-hydrogen) atoms. The molecule has 2 rings (SSSR count). The van der Waals surface area contributed by atoms with Gasteiger partial charge in [0.25, 0.3) is 0 Å². The zero-order valence-corrected chi connectivity index (χ0v) is 13.5. The zero-order valence-electron chi connectivity index (χ0n) is 12.8. The van der Waals surface area contributed by atoms with E-state index in [1.165, 1.54) is 0 Å². The van der Waals surface area contributed by atoms with Crippen molar-refractivity contribution in [1.82, 2.24) is 5.32 Å². The number of halogens is 1. The van der Waals surface area contributed by atoms with Crippen LogP contribution in [0, 0.1) is 13.8 Å². The van der Waals surface area contributed by atoms with E-state index in [4.69, 9.17) is 16.0 Å². The van der Waals surface area contributed by atoms with Gasteiger partial charge >= 0.3 is 0 Å². The molecule has 0 radical (unpaired) electrons. The second-order valence-electron chi connectivity index (χ2n) is 5.75. The largest absolute Gasteiger partial charge is 0.466 e. The number of rotatable bonds is 4. The molecule has 0 unspecified atom stereocenters. The first-order valence-electron chi connectivity index (χ1n) is 6.91. The zero-order chi connectivity index (χ0) is 15.6. The lowest BCUT2D eigenvalue weighted by Crippen LogP contribution is -2.39. The highest BCUT2D eigenvalue weighted by Gasteiger charge is 2.29. The predicted molar refractivity (Wildman–Crippen MR) is 84.5 cm³/mol. The first-order valence-corrected chi connectivity index (χ1v) is 7.29. The van der Waals surface area contributed by atoms with E-state index in [9.17, 15) is 4.79 Å². The standard InChI is InChI=1S/C17H20ClNO2/c1-11-9-13(12(2)21-11)10-19-16(20)17(3,4)14-5-7-15(18)8-6-14/h5-9H,10H2,1-4H3,(H,19,20). The Balaban J connectivity index is 2.08. The van der Waals surface area contributed by atoms with E-state index >= 15 is 0 Å². The number of hydrogen-bond acceptors (Lipinski definition) is 2. The van der Waals surface area contributed by atoms with E-state index < -0.39 is 5.41 Å². The lowest BCUT2D eigenvalue weighted by Gasteiger charge is -2.24. The van der Waals surface area contributed by atoms with Gasteiger partial charge in [0.2, 0.25) is 5.91 Å². The maximum Gasteiger partial charge on any atom is 0.230 e. The van der Waals surface area contributed by atoms with Gasteiger partial charge in [-0.2, -0.15) is 0 Å². The van der Waals surface area contributed by atoms with Crippen molar-refractivity contribution in [2.75, 3.05) is 0 Å². The lowest BCUT2D eigenvalue weighted by molar-refractivity contribution is -0.125. The van der Waals surface area contributed by atoms with Crippen molar-refractivity contribution in [1.29, 1.82) is 0 Å². The van der Waals surface area contributed by atoms with Crippen molar-refractivity contribution in [3.8, 4) is 0 Å². The first kappa shape index (κ1) is 15.6. The molecule has 0 saturated carbocycles. The van der Waals surface area contributed by atoms with E-state index in [-0.39, 0.29) is 5.91 Å². The Morgan fingerprint density at radius 3 is 2.38 bits per heavy atom. The van der Waals surface area contributed by atoms with Crippen LogP contribution in [0.25, 0.3) is 0 Å². The highest BCUT2D eigenvalue weighted by atomic mass is 35.5.